The van der Waals surface area contributed by atoms with Crippen molar-refractivity contribution >= 4 is 0 Å². The number of aryl methyl sites for hydroxylation is 2. The number of nitrogens with one attached hydrogen (secondary N) is 1. The van der Waals surface area contributed by atoms with Crippen molar-refractivity contribution in [2.45, 2.75) is 26.3 Å². The maximum atomic E-state index is 5.56. The number of aromatic nitrogens is 2. The van der Waals surface area contributed by atoms with Gasteiger partial charge in [-0.15, -0.1) is 0 Å². The molecule has 4 heteroatoms. The minimum Gasteiger partial charge on any atom is -0.496 e. The molecule has 1 heterocycles. The van der Waals surface area contributed by atoms with Gasteiger partial charge in [0.2, 0.25) is 0 Å². The Morgan fingerprint density at radius 2 is 2.15 bits per heavy atom. The Morgan fingerprint density at radius 3 is 2.75 bits per heavy atom. The van der Waals surface area contributed by atoms with Crippen LogP contribution in [0.1, 0.15) is 36.2 Å². The maximum Gasteiger partial charge on any atom is 0.124 e. The van der Waals surface area contributed by atoms with Crippen LogP contribution in [0.2, 0.25) is 0 Å². The van der Waals surface area contributed by atoms with Crippen LogP contribution in [-0.2, 0) is 7.05 Å². The van der Waals surface area contributed by atoms with E-state index >= 15 is 0 Å². The van der Waals surface area contributed by atoms with Gasteiger partial charge in [0, 0.05) is 18.8 Å². The van der Waals surface area contributed by atoms with E-state index in [1.807, 2.05) is 24.0 Å². The summed E-state index contributed by atoms with van der Waals surface area (Å²) < 4.78 is 7.46. The topological polar surface area (TPSA) is 39.1 Å². The Bertz CT molecular complexity index is 563. The molecule has 0 saturated carbocycles. The molecule has 1 N–H and O–H groups in total. The first kappa shape index (κ1) is 14.6. The third-order valence-electron chi connectivity index (χ3n) is 3.45. The molecule has 1 aromatic carbocycles. The van der Waals surface area contributed by atoms with Crippen molar-refractivity contribution in [1.82, 2.24) is 15.1 Å². The average Bonchev–Trinajstić information content (AvgIpc) is 2.86. The van der Waals surface area contributed by atoms with E-state index in [1.165, 1.54) is 5.56 Å². The average molecular weight is 273 g/mol. The zero-order valence-corrected chi connectivity index (χ0v) is 12.7. The second-order valence-corrected chi connectivity index (χ2v) is 5.01. The van der Waals surface area contributed by atoms with Gasteiger partial charge in [0.25, 0.3) is 0 Å². The van der Waals surface area contributed by atoms with E-state index in [2.05, 4.69) is 42.5 Å². The van der Waals surface area contributed by atoms with Gasteiger partial charge in [0.05, 0.1) is 18.8 Å². The molecule has 0 bridgehead atoms. The molecule has 2 rings (SSSR count). The molecule has 0 fully saturated rings. The fourth-order valence-corrected chi connectivity index (χ4v) is 2.39. The lowest BCUT2D eigenvalue weighted by Crippen LogP contribution is -2.25. The zero-order valence-electron chi connectivity index (χ0n) is 12.7. The predicted octanol–water partition coefficient (Wildman–Crippen LogP) is 2.83. The largest absolute Gasteiger partial charge is 0.496 e. The molecule has 0 spiro atoms. The van der Waals surface area contributed by atoms with E-state index in [9.17, 15) is 0 Å². The highest BCUT2D eigenvalue weighted by Gasteiger charge is 2.20. The summed E-state index contributed by atoms with van der Waals surface area (Å²) in [5.74, 6) is 0.916. The molecule has 4 nitrogen and oxygen atoms in total. The van der Waals surface area contributed by atoms with Crippen LogP contribution in [0.25, 0.3) is 0 Å². The Balaban J connectivity index is 2.43. The van der Waals surface area contributed by atoms with Gasteiger partial charge < -0.3 is 10.1 Å². The van der Waals surface area contributed by atoms with E-state index in [0.717, 1.165) is 30.0 Å². The molecule has 0 radical (unpaired) electrons. The summed E-state index contributed by atoms with van der Waals surface area (Å²) in [5.41, 5.74) is 3.49. The monoisotopic (exact) mass is 273 g/mol. The number of hydrogen-bond acceptors (Lipinski definition) is 3. The van der Waals surface area contributed by atoms with Crippen molar-refractivity contribution < 1.29 is 4.74 Å². The van der Waals surface area contributed by atoms with Crippen molar-refractivity contribution in [2.24, 2.45) is 7.05 Å². The van der Waals surface area contributed by atoms with E-state index in [1.54, 1.807) is 7.11 Å². The fraction of sp³-hybridized carbons (Fsp3) is 0.438. The molecule has 20 heavy (non-hydrogen) atoms. The van der Waals surface area contributed by atoms with Crippen molar-refractivity contribution in [3.05, 3.63) is 47.3 Å². The molecule has 1 aromatic heterocycles. The first-order valence-corrected chi connectivity index (χ1v) is 7.03. The molecule has 0 aliphatic rings. The third kappa shape index (κ3) is 3.02. The number of nitrogens with zero attached hydrogens (tertiary/aromatic N) is 2. The van der Waals surface area contributed by atoms with Crippen LogP contribution in [0.15, 0.2) is 30.5 Å². The van der Waals surface area contributed by atoms with Gasteiger partial charge in [-0.1, -0.05) is 19.1 Å². The molecule has 0 aliphatic carbocycles. The molecule has 1 atom stereocenters. The van der Waals surface area contributed by atoms with Crippen molar-refractivity contribution in [3.63, 3.8) is 0 Å². The summed E-state index contributed by atoms with van der Waals surface area (Å²) in [6, 6.07) is 8.47. The summed E-state index contributed by atoms with van der Waals surface area (Å²) in [7, 11) is 3.69. The van der Waals surface area contributed by atoms with Gasteiger partial charge >= 0.3 is 0 Å². The highest BCUT2D eigenvalue weighted by Crippen LogP contribution is 2.30. The summed E-state index contributed by atoms with van der Waals surface area (Å²) in [6.45, 7) is 5.19. The van der Waals surface area contributed by atoms with Crippen LogP contribution < -0.4 is 10.1 Å². The van der Waals surface area contributed by atoms with Gasteiger partial charge in [0.1, 0.15) is 5.75 Å². The molecule has 0 aliphatic heterocycles. The first-order valence-electron chi connectivity index (χ1n) is 7.03. The zero-order chi connectivity index (χ0) is 14.5. The SMILES string of the molecule is CCCNC(c1ccc(C)cc1OC)c1ccnn1C. The Morgan fingerprint density at radius 1 is 1.35 bits per heavy atom. The normalized spacial score (nSPS) is 12.4. The van der Waals surface area contributed by atoms with Gasteiger partial charge in [-0.2, -0.15) is 5.10 Å². The Kier molecular flexibility index (Phi) is 4.79. The van der Waals surface area contributed by atoms with E-state index in [-0.39, 0.29) is 6.04 Å². The van der Waals surface area contributed by atoms with E-state index in [0.29, 0.717) is 0 Å². The lowest BCUT2D eigenvalue weighted by molar-refractivity contribution is 0.401. The molecule has 0 saturated heterocycles. The van der Waals surface area contributed by atoms with Crippen LogP contribution >= 0.6 is 0 Å². The molecular formula is C16H23N3O. The number of methoxy groups -OCH3 is 1. The van der Waals surface area contributed by atoms with E-state index < -0.39 is 0 Å². The van der Waals surface area contributed by atoms with Gasteiger partial charge in [-0.3, -0.25) is 4.68 Å². The molecule has 2 aromatic rings. The fourth-order valence-electron chi connectivity index (χ4n) is 2.39. The Labute approximate surface area is 120 Å². The lowest BCUT2D eigenvalue weighted by Gasteiger charge is -2.22. The molecule has 1 unspecified atom stereocenters. The van der Waals surface area contributed by atoms with Crippen LogP contribution in [0.4, 0.5) is 0 Å². The second-order valence-electron chi connectivity index (χ2n) is 5.01. The molecule has 108 valence electrons. The van der Waals surface area contributed by atoms with Crippen LogP contribution in [-0.4, -0.2) is 23.4 Å². The van der Waals surface area contributed by atoms with Gasteiger partial charge in [0.15, 0.2) is 0 Å². The number of ether oxygens (including phenoxy) is 1. The summed E-state index contributed by atoms with van der Waals surface area (Å²) in [6.07, 6.45) is 2.92. The highest BCUT2D eigenvalue weighted by atomic mass is 16.5. The standard InChI is InChI=1S/C16H23N3O/c1-5-9-17-16(14-8-10-18-19(14)3)13-7-6-12(2)11-15(13)20-4/h6-8,10-11,16-17H,5,9H2,1-4H3. The minimum absolute atomic E-state index is 0.0954. The summed E-state index contributed by atoms with van der Waals surface area (Å²) >= 11 is 0. The highest BCUT2D eigenvalue weighted by molar-refractivity contribution is 5.42. The molecule has 0 amide bonds. The van der Waals surface area contributed by atoms with Crippen molar-refractivity contribution in [2.75, 3.05) is 13.7 Å². The third-order valence-corrected chi connectivity index (χ3v) is 3.45. The quantitative estimate of drug-likeness (QED) is 0.879. The minimum atomic E-state index is 0.0954. The second kappa shape index (κ2) is 6.57. The van der Waals surface area contributed by atoms with E-state index in [4.69, 9.17) is 4.74 Å². The number of rotatable bonds is 6. The molecular weight excluding hydrogens is 250 g/mol. The van der Waals surface area contributed by atoms with Crippen LogP contribution in [0, 0.1) is 6.92 Å². The van der Waals surface area contributed by atoms with Crippen molar-refractivity contribution in [3.8, 4) is 5.75 Å². The van der Waals surface area contributed by atoms with Crippen molar-refractivity contribution in [1.29, 1.82) is 0 Å². The van der Waals surface area contributed by atoms with Crippen LogP contribution in [0.3, 0.4) is 0 Å². The smallest absolute Gasteiger partial charge is 0.124 e. The Hall–Kier alpha value is -1.81. The van der Waals surface area contributed by atoms with Gasteiger partial charge in [-0.25, -0.2) is 0 Å². The lowest BCUT2D eigenvalue weighted by atomic mass is 10.0. The van der Waals surface area contributed by atoms with Crippen LogP contribution in [0.5, 0.6) is 5.75 Å². The summed E-state index contributed by atoms with van der Waals surface area (Å²) in [5, 5.41) is 7.86. The maximum absolute atomic E-state index is 5.56. The summed E-state index contributed by atoms with van der Waals surface area (Å²) in [4.78, 5) is 0. The number of benzene rings is 1. The predicted molar refractivity (Wildman–Crippen MR) is 81.1 cm³/mol. The van der Waals surface area contributed by atoms with Gasteiger partial charge in [-0.05, 0) is 37.6 Å². The first-order chi connectivity index (χ1) is 9.67. The number of hydrogen-bond donors (Lipinski definition) is 1.